The van der Waals surface area contributed by atoms with E-state index >= 15 is 4.39 Å². The van der Waals surface area contributed by atoms with Crippen LogP contribution in [0, 0.1) is 11.8 Å². The van der Waals surface area contributed by atoms with Gasteiger partial charge in [0.25, 0.3) is 6.01 Å². The van der Waals surface area contributed by atoms with Crippen molar-refractivity contribution in [3.63, 3.8) is 0 Å². The van der Waals surface area contributed by atoms with Gasteiger partial charge in [0.1, 0.15) is 23.8 Å². The molecule has 33 heavy (non-hydrogen) atoms. The van der Waals surface area contributed by atoms with Crippen LogP contribution in [0.2, 0.25) is 0 Å². The van der Waals surface area contributed by atoms with Crippen molar-refractivity contribution < 1.29 is 27.8 Å². The number of carboxylic acids is 1. The molecule has 0 bridgehead atoms. The molecule has 0 aliphatic heterocycles. The van der Waals surface area contributed by atoms with Gasteiger partial charge in [0.2, 0.25) is 0 Å². The van der Waals surface area contributed by atoms with Crippen molar-refractivity contribution in [2.45, 2.75) is 32.9 Å². The van der Waals surface area contributed by atoms with Crippen LogP contribution in [0.25, 0.3) is 22.1 Å². The monoisotopic (exact) mass is 451 g/mol. The minimum atomic E-state index is -0.961. The number of carboxylic acid groups (broad SMARTS) is 1. The maximum Gasteiger partial charge on any atom is 0.307 e. The van der Waals surface area contributed by atoms with Gasteiger partial charge in [-0.25, -0.2) is 4.39 Å². The fourth-order valence-electron chi connectivity index (χ4n) is 3.84. The molecule has 4 aromatic rings. The minimum absolute atomic E-state index is 0.0260. The van der Waals surface area contributed by atoms with Crippen LogP contribution in [0.5, 0.6) is 5.75 Å². The van der Waals surface area contributed by atoms with Gasteiger partial charge in [-0.05, 0) is 35.7 Å². The van der Waals surface area contributed by atoms with E-state index in [1.165, 1.54) is 6.07 Å². The molecule has 0 fully saturated rings. The lowest BCUT2D eigenvalue weighted by Crippen LogP contribution is -2.05. The Morgan fingerprint density at radius 2 is 1.85 bits per heavy atom. The van der Waals surface area contributed by atoms with Crippen molar-refractivity contribution in [1.82, 2.24) is 0 Å². The second-order valence-corrected chi connectivity index (χ2v) is 7.75. The lowest BCUT2D eigenvalue weighted by atomic mass is 9.98. The quantitative estimate of drug-likeness (QED) is 0.364. The molecule has 0 saturated heterocycles. The van der Waals surface area contributed by atoms with Gasteiger partial charge < -0.3 is 20.0 Å². The molecule has 7 heteroatoms. The van der Waals surface area contributed by atoms with Gasteiger partial charge in [0, 0.05) is 40.3 Å². The number of hydrogen-bond donors (Lipinski definition) is 2. The first-order chi connectivity index (χ1) is 15.9. The summed E-state index contributed by atoms with van der Waals surface area (Å²) >= 11 is 0. The molecule has 0 aliphatic rings. The molecule has 0 saturated carbocycles. The molecular formula is C26H23F2NO4. The van der Waals surface area contributed by atoms with Gasteiger partial charge in [0.05, 0.1) is 6.42 Å². The minimum Gasteiger partial charge on any atom is -0.489 e. The highest BCUT2D eigenvalue weighted by Crippen LogP contribution is 2.35. The van der Waals surface area contributed by atoms with Crippen LogP contribution < -0.4 is 10.5 Å². The lowest BCUT2D eigenvalue weighted by molar-refractivity contribution is -0.136. The molecule has 0 aliphatic carbocycles. The molecule has 0 spiro atoms. The zero-order valence-electron chi connectivity index (χ0n) is 18.0. The van der Waals surface area contributed by atoms with Crippen LogP contribution in [0.4, 0.5) is 8.78 Å². The molecule has 0 amide bonds. The fourth-order valence-corrected chi connectivity index (χ4v) is 3.84. The van der Waals surface area contributed by atoms with E-state index in [0.717, 1.165) is 12.0 Å². The Bertz CT molecular complexity index is 1330. The summed E-state index contributed by atoms with van der Waals surface area (Å²) < 4.78 is 40.2. The molecule has 1 heterocycles. The van der Waals surface area contributed by atoms with Crippen LogP contribution in [0.15, 0.2) is 59.0 Å². The van der Waals surface area contributed by atoms with Crippen LogP contribution in [-0.4, -0.2) is 11.1 Å². The second kappa shape index (κ2) is 9.42. The van der Waals surface area contributed by atoms with E-state index in [1.54, 1.807) is 36.4 Å². The Balaban J connectivity index is 1.74. The van der Waals surface area contributed by atoms with E-state index in [0.29, 0.717) is 33.4 Å². The van der Waals surface area contributed by atoms with Crippen LogP contribution >= 0.6 is 0 Å². The normalized spacial score (nSPS) is 11.2. The molecule has 170 valence electrons. The molecule has 3 aromatic carbocycles. The van der Waals surface area contributed by atoms with Gasteiger partial charge in [-0.3, -0.25) is 4.79 Å². The SMILES string of the molecule is CCc1ccc(CC(=O)O)c(OCc2cc(-c3cccc(CN)c3F)c3oc(F)cc3c2)c1. The highest BCUT2D eigenvalue weighted by atomic mass is 19.1. The van der Waals surface area contributed by atoms with Crippen molar-refractivity contribution in [3.8, 4) is 16.9 Å². The van der Waals surface area contributed by atoms with Crippen molar-refractivity contribution in [3.05, 3.63) is 88.7 Å². The number of fused-ring (bicyclic) bond motifs is 1. The smallest absolute Gasteiger partial charge is 0.307 e. The zero-order valence-corrected chi connectivity index (χ0v) is 18.0. The first-order valence-corrected chi connectivity index (χ1v) is 10.6. The number of aliphatic carboxylic acids is 1. The predicted octanol–water partition coefficient (Wildman–Crippen LogP) is 5.61. The van der Waals surface area contributed by atoms with E-state index in [2.05, 4.69) is 0 Å². The first kappa shape index (κ1) is 22.5. The van der Waals surface area contributed by atoms with Crippen LogP contribution in [0.3, 0.4) is 0 Å². The number of furan rings is 1. The number of benzene rings is 3. The molecule has 0 unspecified atom stereocenters. The van der Waals surface area contributed by atoms with Crippen LogP contribution in [0.1, 0.15) is 29.2 Å². The van der Waals surface area contributed by atoms with Crippen molar-refractivity contribution in [2.24, 2.45) is 5.73 Å². The standard InChI is InChI=1S/C26H23F2NO4/c1-2-15-6-7-17(12-24(30)31)22(10-15)32-14-16-8-19-11-23(27)33-26(19)21(9-16)20-5-3-4-18(13-29)25(20)28/h3-11H,2,12-14,29H2,1H3,(H,30,31). The number of nitrogens with two attached hydrogens (primary N) is 1. The maximum atomic E-state index is 15.0. The van der Waals surface area contributed by atoms with Gasteiger partial charge in [-0.2, -0.15) is 4.39 Å². The third-order valence-corrected chi connectivity index (χ3v) is 5.51. The number of carbonyl (C=O) groups is 1. The Kier molecular flexibility index (Phi) is 6.42. The summed E-state index contributed by atoms with van der Waals surface area (Å²) in [6.07, 6.45) is 0.596. The van der Waals surface area contributed by atoms with Gasteiger partial charge in [0.15, 0.2) is 0 Å². The van der Waals surface area contributed by atoms with E-state index < -0.39 is 17.8 Å². The first-order valence-electron chi connectivity index (χ1n) is 10.6. The molecule has 0 radical (unpaired) electrons. The highest BCUT2D eigenvalue weighted by molar-refractivity contribution is 5.93. The van der Waals surface area contributed by atoms with Crippen LogP contribution in [-0.2, 0) is 30.8 Å². The number of ether oxygens (including phenoxy) is 1. The van der Waals surface area contributed by atoms with E-state index in [-0.39, 0.29) is 30.7 Å². The summed E-state index contributed by atoms with van der Waals surface area (Å²) in [4.78, 5) is 11.2. The van der Waals surface area contributed by atoms with Gasteiger partial charge in [-0.15, -0.1) is 0 Å². The summed E-state index contributed by atoms with van der Waals surface area (Å²) in [7, 11) is 0. The van der Waals surface area contributed by atoms with Crippen molar-refractivity contribution >= 4 is 16.9 Å². The Labute approximate surface area is 189 Å². The average molecular weight is 451 g/mol. The molecule has 1 aromatic heterocycles. The molecule has 4 rings (SSSR count). The van der Waals surface area contributed by atoms with Gasteiger partial charge in [-0.1, -0.05) is 37.3 Å². The highest BCUT2D eigenvalue weighted by Gasteiger charge is 2.17. The summed E-state index contributed by atoms with van der Waals surface area (Å²) in [5.41, 5.74) is 9.05. The number of hydrogen-bond acceptors (Lipinski definition) is 4. The lowest BCUT2D eigenvalue weighted by Gasteiger charge is -2.14. The number of rotatable bonds is 8. The molecule has 0 atom stereocenters. The summed E-state index contributed by atoms with van der Waals surface area (Å²) in [6.45, 7) is 2.10. The average Bonchev–Trinajstić information content (AvgIpc) is 3.18. The second-order valence-electron chi connectivity index (χ2n) is 7.75. The molecule has 3 N–H and O–H groups in total. The maximum absolute atomic E-state index is 15.0. The fraction of sp³-hybridized carbons (Fsp3) is 0.192. The summed E-state index contributed by atoms with van der Waals surface area (Å²) in [6, 6.07) is 14.1. The molecular weight excluding hydrogens is 428 g/mol. The van der Waals surface area contributed by atoms with Crippen molar-refractivity contribution in [1.29, 1.82) is 0 Å². The third-order valence-electron chi connectivity index (χ3n) is 5.51. The van der Waals surface area contributed by atoms with E-state index in [9.17, 15) is 14.3 Å². The Morgan fingerprint density at radius 3 is 2.58 bits per heavy atom. The third kappa shape index (κ3) is 4.73. The largest absolute Gasteiger partial charge is 0.489 e. The summed E-state index contributed by atoms with van der Waals surface area (Å²) in [5.74, 6) is -0.986. The molecule has 5 nitrogen and oxygen atoms in total. The Hall–Kier alpha value is -3.71. The van der Waals surface area contributed by atoms with Crippen molar-refractivity contribution in [2.75, 3.05) is 0 Å². The van der Waals surface area contributed by atoms with E-state index in [1.807, 2.05) is 19.1 Å². The number of aryl methyl sites for hydroxylation is 1. The predicted molar refractivity (Wildman–Crippen MR) is 121 cm³/mol. The topological polar surface area (TPSA) is 85.7 Å². The zero-order chi connectivity index (χ0) is 23.5. The number of halogens is 2. The Morgan fingerprint density at radius 1 is 1.03 bits per heavy atom. The summed E-state index contributed by atoms with van der Waals surface area (Å²) in [5, 5.41) is 9.68. The van der Waals surface area contributed by atoms with Gasteiger partial charge >= 0.3 is 5.97 Å². The van der Waals surface area contributed by atoms with E-state index in [4.69, 9.17) is 14.9 Å².